The topological polar surface area (TPSA) is 24.5 Å². The van der Waals surface area contributed by atoms with Gasteiger partial charge in [-0.1, -0.05) is 20.8 Å². The molecule has 1 heterocycles. The zero-order chi connectivity index (χ0) is 11.8. The van der Waals surface area contributed by atoms with Crippen LogP contribution < -0.4 is 5.32 Å². The summed E-state index contributed by atoms with van der Waals surface area (Å²) in [6.45, 7) is 13.3. The third-order valence-electron chi connectivity index (χ3n) is 3.09. The highest BCUT2D eigenvalue weighted by atomic mass is 16.5. The fourth-order valence-electron chi connectivity index (χ4n) is 2.08. The molecule has 0 aromatic rings. The molecular formula is C13H28N2O. The summed E-state index contributed by atoms with van der Waals surface area (Å²) in [6.07, 6.45) is 2.98. The summed E-state index contributed by atoms with van der Waals surface area (Å²) in [5.74, 6) is 0.744. The molecule has 1 saturated heterocycles. The number of hydrogen-bond acceptors (Lipinski definition) is 3. The smallest absolute Gasteiger partial charge is 0.0702 e. The first-order chi connectivity index (χ1) is 7.72. The Hall–Kier alpha value is -0.120. The van der Waals surface area contributed by atoms with Gasteiger partial charge in [0.25, 0.3) is 0 Å². The van der Waals surface area contributed by atoms with Crippen LogP contribution in [0.2, 0.25) is 0 Å². The van der Waals surface area contributed by atoms with E-state index < -0.39 is 0 Å². The summed E-state index contributed by atoms with van der Waals surface area (Å²) < 4.78 is 5.67. The number of ether oxygens (including phenoxy) is 1. The van der Waals surface area contributed by atoms with Crippen molar-refractivity contribution >= 4 is 0 Å². The van der Waals surface area contributed by atoms with Gasteiger partial charge < -0.3 is 10.1 Å². The van der Waals surface area contributed by atoms with E-state index in [1.165, 1.54) is 12.8 Å². The fourth-order valence-corrected chi connectivity index (χ4v) is 2.08. The first-order valence-electron chi connectivity index (χ1n) is 6.77. The van der Waals surface area contributed by atoms with Gasteiger partial charge in [0.05, 0.1) is 6.10 Å². The van der Waals surface area contributed by atoms with Crippen molar-refractivity contribution < 1.29 is 4.74 Å². The van der Waals surface area contributed by atoms with Crippen LogP contribution in [0, 0.1) is 5.92 Å². The molecule has 0 aliphatic carbocycles. The van der Waals surface area contributed by atoms with Crippen LogP contribution in [-0.2, 0) is 4.74 Å². The maximum atomic E-state index is 5.67. The van der Waals surface area contributed by atoms with Gasteiger partial charge >= 0.3 is 0 Å². The van der Waals surface area contributed by atoms with Crippen LogP contribution in [0.4, 0.5) is 0 Å². The first kappa shape index (κ1) is 13.9. The van der Waals surface area contributed by atoms with Crippen LogP contribution in [0.5, 0.6) is 0 Å². The summed E-state index contributed by atoms with van der Waals surface area (Å²) >= 11 is 0. The van der Waals surface area contributed by atoms with Crippen molar-refractivity contribution in [3.8, 4) is 0 Å². The molecular weight excluding hydrogens is 200 g/mol. The predicted molar refractivity (Wildman–Crippen MR) is 68.8 cm³/mol. The monoisotopic (exact) mass is 228 g/mol. The molecule has 1 fully saturated rings. The van der Waals surface area contributed by atoms with Crippen molar-refractivity contribution in [1.82, 2.24) is 10.2 Å². The normalized spacial score (nSPS) is 21.2. The van der Waals surface area contributed by atoms with Gasteiger partial charge in [0, 0.05) is 26.2 Å². The molecule has 1 aliphatic rings. The average Bonchev–Trinajstić information content (AvgIpc) is 2.75. The van der Waals surface area contributed by atoms with Crippen molar-refractivity contribution in [3.05, 3.63) is 0 Å². The second-order valence-electron chi connectivity index (χ2n) is 5.13. The minimum atomic E-state index is 0.491. The molecule has 0 aromatic carbocycles. The Labute approximate surface area is 101 Å². The molecule has 0 radical (unpaired) electrons. The summed E-state index contributed by atoms with van der Waals surface area (Å²) in [5.41, 5.74) is 0. The van der Waals surface area contributed by atoms with Crippen LogP contribution in [0.1, 0.15) is 33.6 Å². The van der Waals surface area contributed by atoms with Gasteiger partial charge in [-0.05, 0) is 31.8 Å². The van der Waals surface area contributed by atoms with Gasteiger partial charge in [-0.25, -0.2) is 0 Å². The Morgan fingerprint density at radius 1 is 1.44 bits per heavy atom. The van der Waals surface area contributed by atoms with Gasteiger partial charge in [0.2, 0.25) is 0 Å². The highest BCUT2D eigenvalue weighted by Crippen LogP contribution is 2.12. The van der Waals surface area contributed by atoms with Crippen LogP contribution in [0.25, 0.3) is 0 Å². The molecule has 1 unspecified atom stereocenters. The molecule has 1 N–H and O–H groups in total. The predicted octanol–water partition coefficient (Wildman–Crippen LogP) is 1.73. The standard InChI is InChI=1S/C13H28N2O/c1-4-15(8-7-14-10-12(2)3)11-13-6-5-9-16-13/h12-14H,4-11H2,1-3H3. The molecule has 0 bridgehead atoms. The van der Waals surface area contributed by atoms with Gasteiger partial charge in [-0.2, -0.15) is 0 Å². The molecule has 0 saturated carbocycles. The van der Waals surface area contributed by atoms with Crippen molar-refractivity contribution in [1.29, 1.82) is 0 Å². The van der Waals surface area contributed by atoms with Gasteiger partial charge in [0.1, 0.15) is 0 Å². The zero-order valence-electron chi connectivity index (χ0n) is 11.2. The average molecular weight is 228 g/mol. The lowest BCUT2D eigenvalue weighted by molar-refractivity contribution is 0.0751. The van der Waals surface area contributed by atoms with E-state index in [2.05, 4.69) is 31.0 Å². The Kier molecular flexibility index (Phi) is 7.01. The van der Waals surface area contributed by atoms with E-state index >= 15 is 0 Å². The highest BCUT2D eigenvalue weighted by Gasteiger charge is 2.17. The van der Waals surface area contributed by atoms with Gasteiger partial charge in [0.15, 0.2) is 0 Å². The summed E-state index contributed by atoms with van der Waals surface area (Å²) in [4.78, 5) is 2.49. The molecule has 3 heteroatoms. The Balaban J connectivity index is 2.06. The number of nitrogens with one attached hydrogen (secondary N) is 1. The van der Waals surface area contributed by atoms with Crippen LogP contribution in [0.3, 0.4) is 0 Å². The van der Waals surface area contributed by atoms with E-state index in [0.29, 0.717) is 6.10 Å². The quantitative estimate of drug-likeness (QED) is 0.640. The minimum absolute atomic E-state index is 0.491. The summed E-state index contributed by atoms with van der Waals surface area (Å²) in [5, 5.41) is 3.49. The second-order valence-corrected chi connectivity index (χ2v) is 5.13. The number of nitrogens with zero attached hydrogens (tertiary/aromatic N) is 1. The zero-order valence-corrected chi connectivity index (χ0v) is 11.2. The third-order valence-corrected chi connectivity index (χ3v) is 3.09. The van der Waals surface area contributed by atoms with E-state index in [0.717, 1.165) is 45.2 Å². The van der Waals surface area contributed by atoms with E-state index in [-0.39, 0.29) is 0 Å². The number of rotatable bonds is 8. The third kappa shape index (κ3) is 5.83. The molecule has 3 nitrogen and oxygen atoms in total. The molecule has 96 valence electrons. The first-order valence-corrected chi connectivity index (χ1v) is 6.77. The molecule has 1 aliphatic heterocycles. The fraction of sp³-hybridized carbons (Fsp3) is 1.00. The Morgan fingerprint density at radius 3 is 2.81 bits per heavy atom. The summed E-state index contributed by atoms with van der Waals surface area (Å²) in [7, 11) is 0. The summed E-state index contributed by atoms with van der Waals surface area (Å²) in [6, 6.07) is 0. The highest BCUT2D eigenvalue weighted by molar-refractivity contribution is 4.70. The number of likely N-dealkylation sites (N-methyl/N-ethyl adjacent to an activating group) is 1. The molecule has 1 atom stereocenters. The maximum absolute atomic E-state index is 5.67. The van der Waals surface area contributed by atoms with Gasteiger partial charge in [-0.3, -0.25) is 4.90 Å². The van der Waals surface area contributed by atoms with Crippen LogP contribution >= 0.6 is 0 Å². The van der Waals surface area contributed by atoms with Crippen molar-refractivity contribution in [2.75, 3.05) is 39.3 Å². The van der Waals surface area contributed by atoms with Crippen LogP contribution in [-0.4, -0.2) is 50.3 Å². The Bertz CT molecular complexity index is 167. The van der Waals surface area contributed by atoms with Gasteiger partial charge in [-0.15, -0.1) is 0 Å². The largest absolute Gasteiger partial charge is 0.377 e. The van der Waals surface area contributed by atoms with Crippen LogP contribution in [0.15, 0.2) is 0 Å². The van der Waals surface area contributed by atoms with E-state index in [9.17, 15) is 0 Å². The van der Waals surface area contributed by atoms with E-state index in [1.54, 1.807) is 0 Å². The van der Waals surface area contributed by atoms with E-state index in [1.807, 2.05) is 0 Å². The molecule has 16 heavy (non-hydrogen) atoms. The SMILES string of the molecule is CCN(CCNCC(C)C)CC1CCCO1. The lowest BCUT2D eigenvalue weighted by Crippen LogP contribution is -2.37. The lowest BCUT2D eigenvalue weighted by Gasteiger charge is -2.23. The van der Waals surface area contributed by atoms with Crippen molar-refractivity contribution in [3.63, 3.8) is 0 Å². The maximum Gasteiger partial charge on any atom is 0.0702 e. The molecule has 0 amide bonds. The molecule has 0 spiro atoms. The van der Waals surface area contributed by atoms with Crippen molar-refractivity contribution in [2.45, 2.75) is 39.7 Å². The lowest BCUT2D eigenvalue weighted by atomic mass is 10.2. The number of hydrogen-bond donors (Lipinski definition) is 1. The van der Waals surface area contributed by atoms with Crippen molar-refractivity contribution in [2.24, 2.45) is 5.92 Å². The minimum Gasteiger partial charge on any atom is -0.377 e. The second kappa shape index (κ2) is 8.04. The molecule has 0 aromatic heterocycles. The molecule has 1 rings (SSSR count). The Morgan fingerprint density at radius 2 is 2.25 bits per heavy atom. The van der Waals surface area contributed by atoms with E-state index in [4.69, 9.17) is 4.74 Å².